The number of carbonyl (C=O) groups is 1. The standard InChI is InChI=1S/C3H3NO.C3H8O3S.CH3.Na/c1-2-3(5)4-2;1-2-3-7(4,5)6;;/h1H2,(H,4,5);2-3H2,1H3,(H,4,5,6);1H3;. The van der Waals surface area contributed by atoms with Crippen molar-refractivity contribution in [3.8, 4) is 0 Å². The van der Waals surface area contributed by atoms with E-state index in [0.717, 1.165) is 0 Å². The van der Waals surface area contributed by atoms with Gasteiger partial charge in [0.1, 0.15) is 0 Å². The van der Waals surface area contributed by atoms with Gasteiger partial charge in [0.2, 0.25) is 0 Å². The first-order valence-corrected chi connectivity index (χ1v) is 7.93. The summed E-state index contributed by atoms with van der Waals surface area (Å²) < 4.78 is 29.7. The molecular weight excluding hydrogens is 217 g/mol. The number of amides is 1. The van der Waals surface area contributed by atoms with E-state index in [0.29, 0.717) is 12.1 Å². The number of nitrogens with one attached hydrogen (secondary N) is 1. The fourth-order valence-electron chi connectivity index (χ4n) is 0.364. The monoisotopic (exact) mass is 231 g/mol. The van der Waals surface area contributed by atoms with Crippen molar-refractivity contribution in [3.05, 3.63) is 12.3 Å². The van der Waals surface area contributed by atoms with Gasteiger partial charge in [-0.15, -0.1) is 0 Å². The first-order valence-electron chi connectivity index (χ1n) is 4.32. The van der Waals surface area contributed by atoms with Crippen LogP contribution in [0, 0.1) is 0 Å². The van der Waals surface area contributed by atoms with Crippen LogP contribution in [0.4, 0.5) is 0 Å². The molecule has 0 aromatic rings. The number of rotatable bonds is 2. The van der Waals surface area contributed by atoms with Crippen molar-refractivity contribution in [1.29, 1.82) is 0 Å². The zero-order chi connectivity index (χ0) is 11.8. The van der Waals surface area contributed by atoms with Crippen molar-refractivity contribution < 1.29 is 17.8 Å². The second-order valence-corrected chi connectivity index (χ2v) is 3.79. The Morgan fingerprint density at radius 1 is 1.50 bits per heavy atom. The van der Waals surface area contributed by atoms with Gasteiger partial charge in [-0.05, 0) is 6.42 Å². The Balaban J connectivity index is 0. The number of carbonyl (C=O) groups excluding carboxylic acids is 1. The fraction of sp³-hybridized carbons (Fsp3) is 0.571. The van der Waals surface area contributed by atoms with Gasteiger partial charge in [-0.3, -0.25) is 9.35 Å². The molecule has 0 spiro atoms. The second kappa shape index (κ2) is 8.43. The van der Waals surface area contributed by atoms with Crippen LogP contribution in [0.1, 0.15) is 13.3 Å². The van der Waals surface area contributed by atoms with Crippen molar-refractivity contribution in [2.75, 3.05) is 5.75 Å². The van der Waals surface area contributed by atoms with E-state index in [-0.39, 0.29) is 11.7 Å². The Bertz CT molecular complexity index is 274. The van der Waals surface area contributed by atoms with Crippen LogP contribution in [0.5, 0.6) is 0 Å². The van der Waals surface area contributed by atoms with E-state index in [2.05, 4.69) is 16.1 Å². The van der Waals surface area contributed by atoms with Crippen molar-refractivity contribution in [2.24, 2.45) is 0 Å². The van der Waals surface area contributed by atoms with Gasteiger partial charge in [0.15, 0.2) is 0 Å². The van der Waals surface area contributed by atoms with Crippen molar-refractivity contribution in [2.45, 2.75) is 17.5 Å². The summed E-state index contributed by atoms with van der Waals surface area (Å²) in [5.41, 5.74) is 0.532. The molecule has 1 aliphatic rings. The molecular formula is C7H14NNaO4S. The van der Waals surface area contributed by atoms with E-state index in [1.807, 2.05) is 0 Å². The molecule has 0 unspecified atom stereocenters. The summed E-state index contributed by atoms with van der Waals surface area (Å²) in [5, 5.41) is 2.36. The average Bonchev–Trinajstić information content (AvgIpc) is 2.67. The molecule has 0 saturated carbocycles. The minimum atomic E-state index is -3.67. The zero-order valence-electron chi connectivity index (χ0n) is 8.70. The SMILES string of the molecule is C=C1NC1=O.CCCS(=O)(=O)O.[CH3][Na]. The molecule has 2 N–H and O–H groups in total. The third-order valence-electron chi connectivity index (χ3n) is 0.938. The Morgan fingerprint density at radius 2 is 1.79 bits per heavy atom. The van der Waals surface area contributed by atoms with Crippen LogP contribution in [0.15, 0.2) is 12.3 Å². The minimum absolute atomic E-state index is 0.0231. The van der Waals surface area contributed by atoms with E-state index in [9.17, 15) is 13.2 Å². The maximum atomic E-state index is 9.79. The van der Waals surface area contributed by atoms with E-state index in [4.69, 9.17) is 4.55 Å². The summed E-state index contributed by atoms with van der Waals surface area (Å²) in [6, 6.07) is 0. The Morgan fingerprint density at radius 3 is 1.79 bits per heavy atom. The van der Waals surface area contributed by atoms with Crippen LogP contribution in [0.25, 0.3) is 0 Å². The molecule has 1 saturated heterocycles. The van der Waals surface area contributed by atoms with Crippen LogP contribution in [0.2, 0.25) is 4.17 Å². The average molecular weight is 231 g/mol. The van der Waals surface area contributed by atoms with E-state index < -0.39 is 10.1 Å². The van der Waals surface area contributed by atoms with Crippen LogP contribution < -0.4 is 5.32 Å². The summed E-state index contributed by atoms with van der Waals surface area (Å²) in [5.74, 6) is -0.155. The zero-order valence-corrected chi connectivity index (χ0v) is 11.5. The van der Waals surface area contributed by atoms with E-state index >= 15 is 0 Å². The molecule has 1 heterocycles. The molecule has 1 aliphatic heterocycles. The van der Waals surface area contributed by atoms with Gasteiger partial charge >= 0.3 is 32.1 Å². The Hall–Kier alpha value is 0.120. The Labute approximate surface area is 102 Å². The first kappa shape index (κ1) is 16.5. The second-order valence-electron chi connectivity index (χ2n) is 2.22. The summed E-state index contributed by atoms with van der Waals surface area (Å²) in [6.07, 6.45) is 0.471. The van der Waals surface area contributed by atoms with Crippen LogP contribution >= 0.6 is 0 Å². The first-order chi connectivity index (χ1) is 6.37. The van der Waals surface area contributed by atoms with Gasteiger partial charge < -0.3 is 5.32 Å². The molecule has 78 valence electrons. The maximum absolute atomic E-state index is 9.79. The summed E-state index contributed by atoms with van der Waals surface area (Å²) >= 11 is 1.31. The Kier molecular flexibility index (Phi) is 9.96. The molecule has 0 atom stereocenters. The van der Waals surface area contributed by atoms with Gasteiger partial charge in [0, 0.05) is 0 Å². The molecule has 14 heavy (non-hydrogen) atoms. The molecule has 0 bridgehead atoms. The summed E-state index contributed by atoms with van der Waals surface area (Å²) in [4.78, 5) is 9.68. The van der Waals surface area contributed by atoms with Gasteiger partial charge in [0.25, 0.3) is 16.0 Å². The predicted molar refractivity (Wildman–Crippen MR) is 55.6 cm³/mol. The van der Waals surface area contributed by atoms with Gasteiger partial charge in [-0.2, -0.15) is 8.42 Å². The van der Waals surface area contributed by atoms with Crippen molar-refractivity contribution in [1.82, 2.24) is 5.32 Å². The third kappa shape index (κ3) is 14.6. The molecule has 1 amide bonds. The van der Waals surface area contributed by atoms with Crippen LogP contribution in [0.3, 0.4) is 0 Å². The molecule has 1 rings (SSSR count). The van der Waals surface area contributed by atoms with Crippen molar-refractivity contribution >= 4 is 44.0 Å². The van der Waals surface area contributed by atoms with Crippen molar-refractivity contribution in [3.63, 3.8) is 0 Å². The quantitative estimate of drug-likeness (QED) is 0.305. The van der Waals surface area contributed by atoms with Crippen LogP contribution in [-0.2, 0) is 14.9 Å². The topological polar surface area (TPSA) is 93.4 Å². The molecule has 0 aromatic carbocycles. The fourth-order valence-corrected chi connectivity index (χ4v) is 0.880. The molecule has 0 aliphatic carbocycles. The number of hydrogen-bond acceptors (Lipinski definition) is 3. The summed E-state index contributed by atoms with van der Waals surface area (Å²) in [6.45, 7) is 4.98. The van der Waals surface area contributed by atoms with Gasteiger partial charge in [0.05, 0.1) is 11.4 Å². The molecule has 5 nitrogen and oxygen atoms in total. The van der Waals surface area contributed by atoms with Crippen LogP contribution in [-0.4, -0.2) is 52.6 Å². The third-order valence-corrected chi connectivity index (χ3v) is 1.86. The van der Waals surface area contributed by atoms with E-state index in [1.165, 1.54) is 27.9 Å². The molecule has 7 heteroatoms. The predicted octanol–water partition coefficient (Wildman–Crippen LogP) is 0.117. The normalized spacial score (nSPS) is 12.9. The molecule has 0 radical (unpaired) electrons. The van der Waals surface area contributed by atoms with E-state index in [1.54, 1.807) is 6.92 Å². The van der Waals surface area contributed by atoms with Gasteiger partial charge in [-0.1, -0.05) is 13.5 Å². The molecule has 0 aromatic heterocycles. The summed E-state index contributed by atoms with van der Waals surface area (Å²) in [7, 11) is -3.67. The number of hydrogen-bond donors (Lipinski definition) is 2. The molecule has 1 fully saturated rings. The van der Waals surface area contributed by atoms with Gasteiger partial charge in [-0.25, -0.2) is 0 Å².